The summed E-state index contributed by atoms with van der Waals surface area (Å²) in [4.78, 5) is 23.2. The van der Waals surface area contributed by atoms with Gasteiger partial charge in [-0.1, -0.05) is 60.7 Å². The zero-order chi connectivity index (χ0) is 20.4. The second kappa shape index (κ2) is 7.67. The maximum Gasteiger partial charge on any atom is 0.411 e. The molecule has 146 valence electrons. The molecule has 3 aromatic carbocycles. The molecule has 3 N–H and O–H groups in total. The number of fused-ring (bicyclic) bond motifs is 3. The van der Waals surface area contributed by atoms with E-state index in [1.807, 2.05) is 36.4 Å². The molecule has 0 atom stereocenters. The summed E-state index contributed by atoms with van der Waals surface area (Å²) in [6, 6.07) is 20.6. The van der Waals surface area contributed by atoms with Gasteiger partial charge in [-0.3, -0.25) is 10.1 Å². The van der Waals surface area contributed by atoms with Crippen LogP contribution in [0.5, 0.6) is 5.75 Å². The molecule has 1 amide bonds. The number of amides is 1. The first-order chi connectivity index (χ1) is 14.0. The lowest BCUT2D eigenvalue weighted by Crippen LogP contribution is -2.18. The number of carboxylic acids is 1. The molecule has 0 aliphatic heterocycles. The average Bonchev–Trinajstić information content (AvgIpc) is 3.03. The Morgan fingerprint density at radius 1 is 0.897 bits per heavy atom. The van der Waals surface area contributed by atoms with Crippen molar-refractivity contribution in [1.82, 2.24) is 0 Å². The third-order valence-corrected chi connectivity index (χ3v) is 5.04. The first kappa shape index (κ1) is 18.6. The number of ether oxygens (including phenoxy) is 1. The van der Waals surface area contributed by atoms with E-state index in [2.05, 4.69) is 17.4 Å². The number of nitrogens with one attached hydrogen (secondary N) is 1. The Kier molecular flexibility index (Phi) is 4.91. The van der Waals surface area contributed by atoms with Crippen LogP contribution in [0, 0.1) is 0 Å². The summed E-state index contributed by atoms with van der Waals surface area (Å²) in [6.45, 7) is 0.148. The van der Waals surface area contributed by atoms with Gasteiger partial charge in [0.2, 0.25) is 0 Å². The largest absolute Gasteiger partial charge is 0.505 e. The molecule has 0 bridgehead atoms. The predicted octanol–water partition coefficient (Wildman–Crippen LogP) is 4.38. The lowest BCUT2D eigenvalue weighted by Gasteiger charge is -2.15. The maximum absolute atomic E-state index is 12.3. The van der Waals surface area contributed by atoms with Gasteiger partial charge in [0, 0.05) is 11.5 Å². The van der Waals surface area contributed by atoms with Crippen LogP contribution in [-0.2, 0) is 16.0 Å². The maximum atomic E-state index is 12.3. The van der Waals surface area contributed by atoms with Crippen molar-refractivity contribution in [3.05, 3.63) is 83.4 Å². The molecule has 1 aliphatic rings. The lowest BCUT2D eigenvalue weighted by molar-refractivity contribution is -0.136. The van der Waals surface area contributed by atoms with E-state index in [1.54, 1.807) is 6.07 Å². The van der Waals surface area contributed by atoms with E-state index in [4.69, 9.17) is 9.84 Å². The van der Waals surface area contributed by atoms with Crippen LogP contribution in [0.15, 0.2) is 66.7 Å². The van der Waals surface area contributed by atoms with E-state index < -0.39 is 12.1 Å². The van der Waals surface area contributed by atoms with Crippen LogP contribution in [0.4, 0.5) is 10.5 Å². The van der Waals surface area contributed by atoms with Gasteiger partial charge < -0.3 is 14.9 Å². The van der Waals surface area contributed by atoms with Gasteiger partial charge in [-0.25, -0.2) is 4.79 Å². The van der Waals surface area contributed by atoms with Crippen LogP contribution in [0.25, 0.3) is 11.1 Å². The van der Waals surface area contributed by atoms with Crippen molar-refractivity contribution in [1.29, 1.82) is 0 Å². The molecular formula is C23H19NO5. The van der Waals surface area contributed by atoms with Crippen molar-refractivity contribution in [3.8, 4) is 16.9 Å². The fraction of sp³-hybridized carbons (Fsp3) is 0.130. The van der Waals surface area contributed by atoms with E-state index in [0.29, 0.717) is 0 Å². The van der Waals surface area contributed by atoms with E-state index in [9.17, 15) is 14.7 Å². The summed E-state index contributed by atoms with van der Waals surface area (Å²) in [5.74, 6) is -1.41. The quantitative estimate of drug-likeness (QED) is 0.563. The zero-order valence-electron chi connectivity index (χ0n) is 15.5. The SMILES string of the molecule is O=C(O)Cc1cccc(NC(=O)OCC2c3ccccc3-c3ccccc32)c1O. The van der Waals surface area contributed by atoms with E-state index >= 15 is 0 Å². The third kappa shape index (κ3) is 3.65. The molecule has 6 nitrogen and oxygen atoms in total. The van der Waals surface area contributed by atoms with E-state index in [1.165, 1.54) is 12.1 Å². The van der Waals surface area contributed by atoms with Crippen LogP contribution >= 0.6 is 0 Å². The number of aromatic hydroxyl groups is 1. The van der Waals surface area contributed by atoms with Crippen molar-refractivity contribution in [2.75, 3.05) is 11.9 Å². The Bertz CT molecular complexity index is 1050. The number of anilines is 1. The second-order valence-corrected chi connectivity index (χ2v) is 6.83. The summed E-state index contributed by atoms with van der Waals surface area (Å²) >= 11 is 0. The first-order valence-corrected chi connectivity index (χ1v) is 9.19. The molecule has 29 heavy (non-hydrogen) atoms. The number of carbonyl (C=O) groups is 2. The number of aliphatic carboxylic acids is 1. The molecule has 0 fully saturated rings. The fourth-order valence-electron chi connectivity index (χ4n) is 3.74. The number of hydrogen-bond donors (Lipinski definition) is 3. The molecule has 0 unspecified atom stereocenters. The van der Waals surface area contributed by atoms with Gasteiger partial charge in [0.25, 0.3) is 0 Å². The lowest BCUT2D eigenvalue weighted by atomic mass is 9.98. The van der Waals surface area contributed by atoms with Gasteiger partial charge in [0.15, 0.2) is 0 Å². The van der Waals surface area contributed by atoms with Gasteiger partial charge in [-0.05, 0) is 28.3 Å². The number of phenolic OH excluding ortho intramolecular Hbond substituents is 1. The Labute approximate surface area is 167 Å². The third-order valence-electron chi connectivity index (χ3n) is 5.04. The van der Waals surface area contributed by atoms with Crippen molar-refractivity contribution in [3.63, 3.8) is 0 Å². The highest BCUT2D eigenvalue weighted by atomic mass is 16.5. The Hall–Kier alpha value is -3.80. The monoisotopic (exact) mass is 389 g/mol. The van der Waals surface area contributed by atoms with Crippen LogP contribution in [-0.4, -0.2) is 28.9 Å². The summed E-state index contributed by atoms with van der Waals surface area (Å²) in [6.07, 6.45) is -1.05. The highest BCUT2D eigenvalue weighted by Crippen LogP contribution is 2.44. The van der Waals surface area contributed by atoms with Crippen LogP contribution in [0.3, 0.4) is 0 Å². The van der Waals surface area contributed by atoms with Crippen LogP contribution in [0.1, 0.15) is 22.6 Å². The Morgan fingerprint density at radius 3 is 2.14 bits per heavy atom. The normalized spacial score (nSPS) is 12.1. The van der Waals surface area contributed by atoms with Gasteiger partial charge >= 0.3 is 12.1 Å². The van der Waals surface area contributed by atoms with Gasteiger partial charge in [-0.2, -0.15) is 0 Å². The van der Waals surface area contributed by atoms with Gasteiger partial charge in [0.1, 0.15) is 12.4 Å². The van der Waals surface area contributed by atoms with Gasteiger partial charge in [0.05, 0.1) is 12.1 Å². The highest BCUT2D eigenvalue weighted by molar-refractivity contribution is 5.88. The molecule has 0 saturated carbocycles. The fourth-order valence-corrected chi connectivity index (χ4v) is 3.74. The number of benzene rings is 3. The molecule has 0 spiro atoms. The topological polar surface area (TPSA) is 95.9 Å². The molecular weight excluding hydrogens is 370 g/mol. The zero-order valence-corrected chi connectivity index (χ0v) is 15.5. The average molecular weight is 389 g/mol. The summed E-state index contributed by atoms with van der Waals surface area (Å²) in [7, 11) is 0. The highest BCUT2D eigenvalue weighted by Gasteiger charge is 2.29. The predicted molar refractivity (Wildman–Crippen MR) is 108 cm³/mol. The number of carboxylic acid groups (broad SMARTS) is 1. The van der Waals surface area contributed by atoms with Crippen molar-refractivity contribution in [2.24, 2.45) is 0 Å². The van der Waals surface area contributed by atoms with Crippen molar-refractivity contribution >= 4 is 17.7 Å². The molecule has 3 aromatic rings. The molecule has 0 aromatic heterocycles. The molecule has 1 aliphatic carbocycles. The summed E-state index contributed by atoms with van der Waals surface area (Å²) in [5.41, 5.74) is 4.81. The molecule has 0 saturated heterocycles. The Morgan fingerprint density at radius 2 is 1.52 bits per heavy atom. The Balaban J connectivity index is 1.48. The van der Waals surface area contributed by atoms with Crippen molar-refractivity contribution in [2.45, 2.75) is 12.3 Å². The molecule has 4 rings (SSSR count). The smallest absolute Gasteiger partial charge is 0.411 e. The summed E-state index contributed by atoms with van der Waals surface area (Å²) in [5, 5.41) is 21.6. The number of rotatable bonds is 5. The second-order valence-electron chi connectivity index (χ2n) is 6.83. The molecule has 0 radical (unpaired) electrons. The number of phenols is 1. The van der Waals surface area contributed by atoms with E-state index in [-0.39, 0.29) is 35.9 Å². The molecule has 0 heterocycles. The first-order valence-electron chi connectivity index (χ1n) is 9.19. The van der Waals surface area contributed by atoms with E-state index in [0.717, 1.165) is 22.3 Å². The minimum absolute atomic E-state index is 0.0694. The minimum Gasteiger partial charge on any atom is -0.505 e. The number of para-hydroxylation sites is 1. The summed E-state index contributed by atoms with van der Waals surface area (Å²) < 4.78 is 5.44. The van der Waals surface area contributed by atoms with Crippen LogP contribution < -0.4 is 5.32 Å². The number of hydrogen-bond acceptors (Lipinski definition) is 4. The van der Waals surface area contributed by atoms with Crippen molar-refractivity contribution < 1.29 is 24.5 Å². The van der Waals surface area contributed by atoms with Gasteiger partial charge in [-0.15, -0.1) is 0 Å². The minimum atomic E-state index is -1.07. The standard InChI is InChI=1S/C23H19NO5/c25-21(26)12-14-6-5-11-20(22(14)27)24-23(28)29-13-19-17-9-3-1-7-15(17)16-8-2-4-10-18(16)19/h1-11,19,27H,12-13H2,(H,24,28)(H,25,26). The number of carbonyl (C=O) groups excluding carboxylic acids is 1. The van der Waals surface area contributed by atoms with Crippen LogP contribution in [0.2, 0.25) is 0 Å². The molecule has 6 heteroatoms.